The van der Waals surface area contributed by atoms with Crippen LogP contribution >= 0.6 is 11.3 Å². The van der Waals surface area contributed by atoms with E-state index in [1.54, 1.807) is 11.3 Å². The lowest BCUT2D eigenvalue weighted by molar-refractivity contribution is -0.118. The van der Waals surface area contributed by atoms with Crippen LogP contribution in [0.1, 0.15) is 82.1 Å². The van der Waals surface area contributed by atoms with Crippen LogP contribution in [0.5, 0.6) is 0 Å². The smallest absolute Gasteiger partial charge is 0.254 e. The molecule has 2 amide bonds. The van der Waals surface area contributed by atoms with Gasteiger partial charge in [-0.1, -0.05) is 27.7 Å². The number of hydrogen-bond donors (Lipinski definition) is 2. The summed E-state index contributed by atoms with van der Waals surface area (Å²) >= 11 is 1.60. The number of amides is 2. The zero-order valence-corrected chi connectivity index (χ0v) is 17.9. The fraction of sp³-hybridized carbons (Fsp3) is 0.714. The largest absolute Gasteiger partial charge is 0.347 e. The molecule has 1 aromatic rings. The first-order chi connectivity index (χ1) is 11.9. The SMILES string of the molecule is CC(C)(C)NC(=O)c1c(NC(=O)C2C(C)(C)C2(C)C)sc2c1CCCC2. The van der Waals surface area contributed by atoms with Crippen molar-refractivity contribution in [2.75, 3.05) is 5.32 Å². The molecule has 5 heteroatoms. The summed E-state index contributed by atoms with van der Waals surface area (Å²) in [6.07, 6.45) is 4.20. The molecule has 0 saturated heterocycles. The Kier molecular flexibility index (Phi) is 4.54. The van der Waals surface area contributed by atoms with Gasteiger partial charge in [-0.05, 0) is 62.8 Å². The van der Waals surface area contributed by atoms with Gasteiger partial charge in [0.15, 0.2) is 0 Å². The second kappa shape index (κ2) is 6.08. The average Bonchev–Trinajstić information content (AvgIpc) is 2.76. The van der Waals surface area contributed by atoms with Gasteiger partial charge >= 0.3 is 0 Å². The van der Waals surface area contributed by atoms with Crippen molar-refractivity contribution < 1.29 is 9.59 Å². The quantitative estimate of drug-likeness (QED) is 0.798. The maximum Gasteiger partial charge on any atom is 0.254 e. The minimum Gasteiger partial charge on any atom is -0.347 e. The maximum atomic E-state index is 13.0. The number of carbonyl (C=O) groups excluding carboxylic acids is 2. The molecule has 0 radical (unpaired) electrons. The summed E-state index contributed by atoms with van der Waals surface area (Å²) in [7, 11) is 0. The van der Waals surface area contributed by atoms with Gasteiger partial charge in [0.2, 0.25) is 5.91 Å². The molecule has 2 aliphatic rings. The summed E-state index contributed by atoms with van der Waals surface area (Å²) in [6, 6.07) is 0. The summed E-state index contributed by atoms with van der Waals surface area (Å²) in [6.45, 7) is 14.5. The van der Waals surface area contributed by atoms with E-state index in [0.717, 1.165) is 36.2 Å². The van der Waals surface area contributed by atoms with Crippen molar-refractivity contribution in [1.82, 2.24) is 5.32 Å². The van der Waals surface area contributed by atoms with Crippen LogP contribution in [-0.2, 0) is 17.6 Å². The summed E-state index contributed by atoms with van der Waals surface area (Å²) < 4.78 is 0. The standard InChI is InChI=1S/C21H32N2O2S/c1-19(2,3)23-16(24)14-12-10-8-9-11-13(12)26-18(14)22-17(25)15-20(4,5)21(15,6)7/h15H,8-11H2,1-7H3,(H,22,25)(H,23,24). The highest BCUT2D eigenvalue weighted by atomic mass is 32.1. The molecule has 144 valence electrons. The van der Waals surface area contributed by atoms with Crippen molar-refractivity contribution >= 4 is 28.2 Å². The van der Waals surface area contributed by atoms with Gasteiger partial charge in [-0.25, -0.2) is 0 Å². The predicted molar refractivity (Wildman–Crippen MR) is 108 cm³/mol. The zero-order valence-electron chi connectivity index (χ0n) is 17.1. The van der Waals surface area contributed by atoms with Crippen LogP contribution < -0.4 is 10.6 Å². The van der Waals surface area contributed by atoms with Crippen LogP contribution in [0.25, 0.3) is 0 Å². The van der Waals surface area contributed by atoms with Gasteiger partial charge < -0.3 is 10.6 Å². The van der Waals surface area contributed by atoms with Gasteiger partial charge in [0, 0.05) is 16.3 Å². The van der Waals surface area contributed by atoms with Crippen LogP contribution in [0.4, 0.5) is 5.00 Å². The van der Waals surface area contributed by atoms with Crippen LogP contribution in [0.2, 0.25) is 0 Å². The Balaban J connectivity index is 1.91. The van der Waals surface area contributed by atoms with E-state index in [9.17, 15) is 9.59 Å². The molecule has 1 saturated carbocycles. The van der Waals surface area contributed by atoms with E-state index in [1.807, 2.05) is 20.8 Å². The van der Waals surface area contributed by atoms with Crippen LogP contribution in [0, 0.1) is 16.7 Å². The molecule has 0 aromatic carbocycles. The molecular weight excluding hydrogens is 344 g/mol. The molecule has 4 nitrogen and oxygen atoms in total. The van der Waals surface area contributed by atoms with Gasteiger partial charge in [0.25, 0.3) is 5.91 Å². The van der Waals surface area contributed by atoms with Gasteiger partial charge in [-0.2, -0.15) is 0 Å². The molecule has 1 fully saturated rings. The first-order valence-electron chi connectivity index (χ1n) is 9.64. The number of anilines is 1. The highest BCUT2D eigenvalue weighted by molar-refractivity contribution is 7.17. The van der Waals surface area contributed by atoms with E-state index in [0.29, 0.717) is 5.56 Å². The normalized spacial score (nSPS) is 21.0. The van der Waals surface area contributed by atoms with Crippen LogP contribution in [0.3, 0.4) is 0 Å². The van der Waals surface area contributed by atoms with Gasteiger partial charge in [0.05, 0.1) is 5.56 Å². The second-order valence-corrected chi connectivity index (χ2v) is 11.1. The van der Waals surface area contributed by atoms with E-state index in [2.05, 4.69) is 38.3 Å². The van der Waals surface area contributed by atoms with Crippen LogP contribution in [-0.4, -0.2) is 17.4 Å². The molecule has 3 rings (SSSR count). The van der Waals surface area contributed by atoms with Crippen molar-refractivity contribution in [2.45, 2.75) is 79.7 Å². The van der Waals surface area contributed by atoms with Gasteiger partial charge in [-0.3, -0.25) is 9.59 Å². The van der Waals surface area contributed by atoms with E-state index in [-0.39, 0.29) is 34.1 Å². The Morgan fingerprint density at radius 1 is 1.04 bits per heavy atom. The fourth-order valence-electron chi connectivity index (χ4n) is 4.33. The Hall–Kier alpha value is -1.36. The van der Waals surface area contributed by atoms with Crippen molar-refractivity contribution in [2.24, 2.45) is 16.7 Å². The predicted octanol–water partition coefficient (Wildman–Crippen LogP) is 4.78. The lowest BCUT2D eigenvalue weighted by Gasteiger charge is -2.22. The van der Waals surface area contributed by atoms with Crippen LogP contribution in [0.15, 0.2) is 0 Å². The molecule has 0 spiro atoms. The van der Waals surface area contributed by atoms with E-state index >= 15 is 0 Å². The van der Waals surface area contributed by atoms with E-state index in [4.69, 9.17) is 0 Å². The van der Waals surface area contributed by atoms with E-state index < -0.39 is 0 Å². The van der Waals surface area contributed by atoms with Crippen molar-refractivity contribution in [3.05, 3.63) is 16.0 Å². The number of rotatable bonds is 3. The third-order valence-electron chi connectivity index (χ3n) is 6.41. The number of hydrogen-bond acceptors (Lipinski definition) is 3. The molecular formula is C21H32N2O2S. The topological polar surface area (TPSA) is 58.2 Å². The Morgan fingerprint density at radius 3 is 2.15 bits per heavy atom. The zero-order chi connectivity index (χ0) is 19.5. The minimum atomic E-state index is -0.303. The second-order valence-electron chi connectivity index (χ2n) is 9.98. The molecule has 0 bridgehead atoms. The highest BCUT2D eigenvalue weighted by Gasteiger charge is 2.68. The lowest BCUT2D eigenvalue weighted by Crippen LogP contribution is -2.41. The third-order valence-corrected chi connectivity index (χ3v) is 7.61. The monoisotopic (exact) mass is 376 g/mol. The molecule has 2 aliphatic carbocycles. The Morgan fingerprint density at radius 2 is 1.62 bits per heavy atom. The number of thiophene rings is 1. The van der Waals surface area contributed by atoms with E-state index in [1.165, 1.54) is 4.88 Å². The first-order valence-corrected chi connectivity index (χ1v) is 10.5. The number of carbonyl (C=O) groups is 2. The Bertz CT molecular complexity index is 739. The van der Waals surface area contributed by atoms with Crippen molar-refractivity contribution in [3.63, 3.8) is 0 Å². The molecule has 2 N–H and O–H groups in total. The minimum absolute atomic E-state index is 0.0121. The maximum absolute atomic E-state index is 13.0. The summed E-state index contributed by atoms with van der Waals surface area (Å²) in [4.78, 5) is 27.2. The first kappa shape index (κ1) is 19.4. The fourth-order valence-corrected chi connectivity index (χ4v) is 5.62. The molecule has 0 unspecified atom stereocenters. The molecule has 26 heavy (non-hydrogen) atoms. The van der Waals surface area contributed by atoms with Gasteiger partial charge in [-0.15, -0.1) is 11.3 Å². The lowest BCUT2D eigenvalue weighted by atomic mass is 9.94. The summed E-state index contributed by atoms with van der Waals surface area (Å²) in [5, 5.41) is 6.94. The number of fused-ring (bicyclic) bond motifs is 1. The summed E-state index contributed by atoms with van der Waals surface area (Å²) in [5.41, 5.74) is 1.52. The number of nitrogens with one attached hydrogen (secondary N) is 2. The van der Waals surface area contributed by atoms with Gasteiger partial charge in [0.1, 0.15) is 5.00 Å². The third kappa shape index (κ3) is 3.19. The van der Waals surface area contributed by atoms with Crippen molar-refractivity contribution in [1.29, 1.82) is 0 Å². The molecule has 0 atom stereocenters. The van der Waals surface area contributed by atoms with Crippen molar-refractivity contribution in [3.8, 4) is 0 Å². The average molecular weight is 377 g/mol. The number of aryl methyl sites for hydroxylation is 1. The molecule has 1 aromatic heterocycles. The molecule has 0 aliphatic heterocycles. The summed E-state index contributed by atoms with van der Waals surface area (Å²) in [5.74, 6) is -0.0439. The molecule has 1 heterocycles. The highest BCUT2D eigenvalue weighted by Crippen LogP contribution is 2.68. The Labute approximate surface area is 161 Å².